The summed E-state index contributed by atoms with van der Waals surface area (Å²) in [4.78, 5) is 0. The summed E-state index contributed by atoms with van der Waals surface area (Å²) < 4.78 is 11.8. The zero-order valence-electron chi connectivity index (χ0n) is 17.8. The summed E-state index contributed by atoms with van der Waals surface area (Å²) in [7, 11) is 3.62. The lowest BCUT2D eigenvalue weighted by Crippen LogP contribution is -2.07. The maximum absolute atomic E-state index is 5.89. The van der Waals surface area contributed by atoms with Gasteiger partial charge < -0.3 is 9.47 Å². The molecule has 4 rings (SSSR count). The first kappa shape index (κ1) is 18.9. The maximum Gasteiger partial charge on any atom is 0.106 e. The Morgan fingerprint density at radius 3 is 1.39 bits per heavy atom. The molecule has 2 aliphatic rings. The molecule has 0 spiro atoms. The number of benzene rings is 2. The van der Waals surface area contributed by atoms with Crippen LogP contribution in [0.3, 0.4) is 0 Å². The molecule has 2 atom stereocenters. The van der Waals surface area contributed by atoms with Gasteiger partial charge in [0.25, 0.3) is 0 Å². The Morgan fingerprint density at radius 1 is 0.643 bits per heavy atom. The summed E-state index contributed by atoms with van der Waals surface area (Å²) in [6.45, 7) is 8.79. The van der Waals surface area contributed by atoms with Crippen molar-refractivity contribution in [2.75, 3.05) is 14.2 Å². The minimum Gasteiger partial charge on any atom is -0.500 e. The molecular weight excluding hydrogens is 344 g/mol. The molecule has 0 fully saturated rings. The van der Waals surface area contributed by atoms with Crippen LogP contribution in [-0.4, -0.2) is 14.2 Å². The highest BCUT2D eigenvalue weighted by molar-refractivity contribution is 5.79. The van der Waals surface area contributed by atoms with Crippen LogP contribution in [-0.2, 0) is 9.47 Å². The summed E-state index contributed by atoms with van der Waals surface area (Å²) in [5, 5.41) is 0. The topological polar surface area (TPSA) is 18.5 Å². The van der Waals surface area contributed by atoms with Crippen molar-refractivity contribution >= 4 is 11.1 Å². The molecule has 2 aromatic carbocycles. The van der Waals surface area contributed by atoms with Gasteiger partial charge >= 0.3 is 0 Å². The monoisotopic (exact) mass is 374 g/mol. The summed E-state index contributed by atoms with van der Waals surface area (Å²) in [5.41, 5.74) is 10.8. The smallest absolute Gasteiger partial charge is 0.106 e. The Balaban J connectivity index is 1.67. The molecule has 0 heterocycles. The van der Waals surface area contributed by atoms with Crippen molar-refractivity contribution in [3.05, 3.63) is 81.3 Å². The van der Waals surface area contributed by atoms with Gasteiger partial charge in [-0.25, -0.2) is 0 Å². The number of rotatable bonds is 5. The number of allylic oxidation sites excluding steroid dienone is 4. The minimum atomic E-state index is 0.326. The highest BCUT2D eigenvalue weighted by atomic mass is 16.5. The Morgan fingerprint density at radius 2 is 1.04 bits per heavy atom. The van der Waals surface area contributed by atoms with E-state index >= 15 is 0 Å². The second-order valence-corrected chi connectivity index (χ2v) is 8.15. The number of ether oxygens (including phenoxy) is 2. The first-order chi connectivity index (χ1) is 13.5. The molecule has 0 amide bonds. The second-order valence-electron chi connectivity index (χ2n) is 8.15. The fraction of sp³-hybridized carbons (Fsp3) is 0.385. The van der Waals surface area contributed by atoms with Crippen LogP contribution in [0.2, 0.25) is 0 Å². The first-order valence-corrected chi connectivity index (χ1v) is 10.2. The Hall–Kier alpha value is -2.48. The molecule has 146 valence electrons. The molecule has 2 aliphatic carbocycles. The van der Waals surface area contributed by atoms with E-state index in [4.69, 9.17) is 9.47 Å². The molecule has 0 bridgehead atoms. The molecule has 0 N–H and O–H groups in total. The number of fused-ring (bicyclic) bond motifs is 2. The van der Waals surface area contributed by atoms with E-state index in [-0.39, 0.29) is 0 Å². The van der Waals surface area contributed by atoms with Gasteiger partial charge in [-0.15, -0.1) is 0 Å². The van der Waals surface area contributed by atoms with E-state index in [2.05, 4.69) is 64.1 Å². The van der Waals surface area contributed by atoms with Gasteiger partial charge in [-0.2, -0.15) is 0 Å². The van der Waals surface area contributed by atoms with Gasteiger partial charge in [-0.05, 0) is 85.1 Å². The molecule has 0 aromatic heterocycles. The highest BCUT2D eigenvalue weighted by Gasteiger charge is 2.35. The predicted molar refractivity (Wildman–Crippen MR) is 116 cm³/mol. The Kier molecular flexibility index (Phi) is 4.82. The second kappa shape index (κ2) is 7.16. The predicted octanol–water partition coefficient (Wildman–Crippen LogP) is 6.73. The third kappa shape index (κ3) is 2.70. The van der Waals surface area contributed by atoms with Crippen LogP contribution >= 0.6 is 0 Å². The lowest BCUT2D eigenvalue weighted by Gasteiger charge is -2.21. The molecule has 0 saturated heterocycles. The average molecular weight is 375 g/mol. The summed E-state index contributed by atoms with van der Waals surface area (Å²) in [5.74, 6) is 2.91. The lowest BCUT2D eigenvalue weighted by atomic mass is 9.87. The van der Waals surface area contributed by atoms with E-state index < -0.39 is 0 Å². The van der Waals surface area contributed by atoms with Gasteiger partial charge in [0.2, 0.25) is 0 Å². The molecule has 2 aromatic rings. The lowest BCUT2D eigenvalue weighted by molar-refractivity contribution is 0.250. The molecule has 28 heavy (non-hydrogen) atoms. The van der Waals surface area contributed by atoms with Gasteiger partial charge in [0.05, 0.1) is 14.2 Å². The highest BCUT2D eigenvalue weighted by Crippen LogP contribution is 2.50. The zero-order chi connectivity index (χ0) is 20.0. The van der Waals surface area contributed by atoms with Crippen molar-refractivity contribution in [3.63, 3.8) is 0 Å². The molecule has 2 nitrogen and oxygen atoms in total. The van der Waals surface area contributed by atoms with Crippen LogP contribution < -0.4 is 0 Å². The molecule has 0 aliphatic heterocycles. The van der Waals surface area contributed by atoms with E-state index in [0.717, 1.165) is 24.4 Å². The van der Waals surface area contributed by atoms with Gasteiger partial charge in [0, 0.05) is 11.8 Å². The van der Waals surface area contributed by atoms with Gasteiger partial charge in [-0.1, -0.05) is 36.4 Å². The van der Waals surface area contributed by atoms with Crippen LogP contribution in [0.25, 0.3) is 11.1 Å². The molecule has 0 radical (unpaired) electrons. The SMILES string of the molecule is COC1=C(C)c2c(C)cccc2C1CCC1C(OC)=C(C)c2c(C)cccc21. The fourth-order valence-electron chi connectivity index (χ4n) is 5.53. The average Bonchev–Trinajstić information content (AvgIpc) is 3.12. The molecule has 2 unspecified atom stereocenters. The van der Waals surface area contributed by atoms with Crippen molar-refractivity contribution < 1.29 is 9.47 Å². The van der Waals surface area contributed by atoms with Crippen LogP contribution in [0.4, 0.5) is 0 Å². The van der Waals surface area contributed by atoms with E-state index in [0.29, 0.717) is 11.8 Å². The summed E-state index contributed by atoms with van der Waals surface area (Å²) in [6.07, 6.45) is 2.10. The van der Waals surface area contributed by atoms with Crippen molar-refractivity contribution in [1.82, 2.24) is 0 Å². The third-order valence-corrected chi connectivity index (χ3v) is 6.67. The van der Waals surface area contributed by atoms with Gasteiger partial charge in [0.15, 0.2) is 0 Å². The van der Waals surface area contributed by atoms with E-state index in [1.807, 2.05) is 14.2 Å². The fourth-order valence-corrected chi connectivity index (χ4v) is 5.53. The zero-order valence-corrected chi connectivity index (χ0v) is 17.8. The van der Waals surface area contributed by atoms with Crippen molar-refractivity contribution in [2.24, 2.45) is 0 Å². The summed E-state index contributed by atoms with van der Waals surface area (Å²) in [6, 6.07) is 13.3. The van der Waals surface area contributed by atoms with Gasteiger partial charge in [0.1, 0.15) is 11.5 Å². The maximum atomic E-state index is 5.89. The van der Waals surface area contributed by atoms with Crippen LogP contribution in [0, 0.1) is 13.8 Å². The number of hydrogen-bond donors (Lipinski definition) is 0. The van der Waals surface area contributed by atoms with Gasteiger partial charge in [-0.3, -0.25) is 0 Å². The standard InChI is InChI=1S/C26H30O2/c1-15-9-7-11-19-21(25(27-5)17(3)23(15)19)13-14-22-20-12-8-10-16(2)24(20)18(4)26(22)28-6/h7-12,21-22H,13-14H2,1-6H3. The molecular formula is C26H30O2. The molecule has 0 saturated carbocycles. The molecule has 2 heteroatoms. The van der Waals surface area contributed by atoms with Crippen molar-refractivity contribution in [1.29, 1.82) is 0 Å². The van der Waals surface area contributed by atoms with Crippen molar-refractivity contribution in [3.8, 4) is 0 Å². The quantitative estimate of drug-likeness (QED) is 0.577. The first-order valence-electron chi connectivity index (χ1n) is 10.2. The third-order valence-electron chi connectivity index (χ3n) is 6.67. The Labute approximate surface area is 168 Å². The number of aryl methyl sites for hydroxylation is 2. The minimum absolute atomic E-state index is 0.326. The normalized spacial score (nSPS) is 20.5. The Bertz CT molecular complexity index is 912. The number of hydrogen-bond acceptors (Lipinski definition) is 2. The summed E-state index contributed by atoms with van der Waals surface area (Å²) >= 11 is 0. The number of methoxy groups -OCH3 is 2. The largest absolute Gasteiger partial charge is 0.500 e. The van der Waals surface area contributed by atoms with E-state index in [1.54, 1.807) is 0 Å². The van der Waals surface area contributed by atoms with E-state index in [1.165, 1.54) is 44.5 Å². The van der Waals surface area contributed by atoms with Crippen LogP contribution in [0.1, 0.15) is 71.9 Å². The van der Waals surface area contributed by atoms with Crippen molar-refractivity contribution in [2.45, 2.75) is 52.4 Å². The van der Waals surface area contributed by atoms with E-state index in [9.17, 15) is 0 Å². The van der Waals surface area contributed by atoms with Crippen LogP contribution in [0.5, 0.6) is 0 Å². The van der Waals surface area contributed by atoms with Crippen LogP contribution in [0.15, 0.2) is 47.9 Å².